The molecule has 4 heteroatoms. The second kappa shape index (κ2) is 7.56. The van der Waals surface area contributed by atoms with E-state index in [2.05, 4.69) is 21.2 Å². The van der Waals surface area contributed by atoms with Crippen molar-refractivity contribution in [3.8, 4) is 0 Å². The molecule has 0 saturated carbocycles. The molecule has 2 unspecified atom stereocenters. The Morgan fingerprint density at radius 1 is 1.18 bits per heavy atom. The number of amides is 1. The van der Waals surface area contributed by atoms with Crippen LogP contribution >= 0.6 is 15.9 Å². The molecule has 0 aliphatic carbocycles. The van der Waals surface area contributed by atoms with Crippen LogP contribution < -0.4 is 11.1 Å². The molecule has 22 heavy (non-hydrogen) atoms. The van der Waals surface area contributed by atoms with E-state index in [1.54, 1.807) is 0 Å². The third-order valence-corrected chi connectivity index (χ3v) is 4.37. The smallest absolute Gasteiger partial charge is 0.241 e. The van der Waals surface area contributed by atoms with Crippen LogP contribution in [-0.4, -0.2) is 11.9 Å². The highest BCUT2D eigenvalue weighted by Crippen LogP contribution is 2.18. The van der Waals surface area contributed by atoms with Crippen LogP contribution in [-0.2, 0) is 11.2 Å². The van der Waals surface area contributed by atoms with Crippen molar-refractivity contribution < 1.29 is 4.79 Å². The van der Waals surface area contributed by atoms with Gasteiger partial charge in [-0.15, -0.1) is 0 Å². The van der Waals surface area contributed by atoms with Crippen molar-refractivity contribution in [1.82, 2.24) is 5.32 Å². The summed E-state index contributed by atoms with van der Waals surface area (Å²) in [6.07, 6.45) is 0.758. The first-order valence-electron chi connectivity index (χ1n) is 7.33. The molecule has 1 amide bonds. The lowest BCUT2D eigenvalue weighted by Crippen LogP contribution is -2.40. The van der Waals surface area contributed by atoms with Gasteiger partial charge in [-0.25, -0.2) is 0 Å². The zero-order valence-corrected chi connectivity index (χ0v) is 14.4. The van der Waals surface area contributed by atoms with Crippen molar-refractivity contribution in [2.45, 2.75) is 32.4 Å². The van der Waals surface area contributed by atoms with E-state index >= 15 is 0 Å². The molecule has 2 atom stereocenters. The lowest BCUT2D eigenvalue weighted by molar-refractivity contribution is -0.123. The van der Waals surface area contributed by atoms with Gasteiger partial charge in [-0.05, 0) is 37.5 Å². The number of aryl methyl sites for hydroxylation is 1. The molecule has 2 aromatic rings. The summed E-state index contributed by atoms with van der Waals surface area (Å²) in [6, 6.07) is 15.1. The van der Waals surface area contributed by atoms with Gasteiger partial charge in [0.05, 0.1) is 0 Å². The van der Waals surface area contributed by atoms with Crippen LogP contribution in [0, 0.1) is 6.92 Å². The molecule has 0 saturated heterocycles. The first-order chi connectivity index (χ1) is 10.5. The summed E-state index contributed by atoms with van der Waals surface area (Å²) >= 11 is 3.53. The predicted molar refractivity (Wildman–Crippen MR) is 93.6 cm³/mol. The summed E-state index contributed by atoms with van der Waals surface area (Å²) in [7, 11) is 0. The minimum atomic E-state index is -0.637. The highest BCUT2D eigenvalue weighted by Gasteiger charge is 2.18. The number of hydrogen-bond acceptors (Lipinski definition) is 2. The molecule has 3 N–H and O–H groups in total. The Bertz CT molecular complexity index is 640. The number of rotatable bonds is 5. The molecular formula is C18H21BrN2O. The van der Waals surface area contributed by atoms with Gasteiger partial charge in [-0.3, -0.25) is 4.79 Å². The third kappa shape index (κ3) is 4.42. The molecule has 0 bridgehead atoms. The molecule has 0 aliphatic heterocycles. The monoisotopic (exact) mass is 360 g/mol. The number of benzene rings is 2. The lowest BCUT2D eigenvalue weighted by Gasteiger charge is -2.18. The van der Waals surface area contributed by atoms with Crippen LogP contribution in [0.5, 0.6) is 0 Å². The minimum absolute atomic E-state index is 0.0164. The highest BCUT2D eigenvalue weighted by atomic mass is 79.9. The summed E-state index contributed by atoms with van der Waals surface area (Å²) in [5.41, 5.74) is 9.19. The van der Waals surface area contributed by atoms with Crippen LogP contribution in [0.4, 0.5) is 0 Å². The van der Waals surface area contributed by atoms with Gasteiger partial charge in [-0.2, -0.15) is 0 Å². The van der Waals surface area contributed by atoms with E-state index in [1.165, 1.54) is 5.56 Å². The van der Waals surface area contributed by atoms with Gasteiger partial charge in [0, 0.05) is 10.5 Å². The van der Waals surface area contributed by atoms with Crippen molar-refractivity contribution >= 4 is 21.8 Å². The summed E-state index contributed by atoms with van der Waals surface area (Å²) in [5.74, 6) is -0.150. The van der Waals surface area contributed by atoms with E-state index in [0.29, 0.717) is 0 Å². The molecule has 0 spiro atoms. The lowest BCUT2D eigenvalue weighted by atomic mass is 10.0. The minimum Gasteiger partial charge on any atom is -0.352 e. The van der Waals surface area contributed by atoms with Gasteiger partial charge in [-0.1, -0.05) is 64.0 Å². The van der Waals surface area contributed by atoms with Gasteiger partial charge >= 0.3 is 0 Å². The molecular weight excluding hydrogens is 340 g/mol. The molecule has 0 aliphatic rings. The van der Waals surface area contributed by atoms with E-state index in [-0.39, 0.29) is 11.9 Å². The SMILES string of the molecule is Cc1ccc(C(N)C(=O)NC(C)Cc2ccccc2Br)cc1. The first-order valence-corrected chi connectivity index (χ1v) is 8.12. The summed E-state index contributed by atoms with van der Waals surface area (Å²) in [5, 5.41) is 2.98. The van der Waals surface area contributed by atoms with E-state index in [0.717, 1.165) is 22.0 Å². The number of hydrogen-bond donors (Lipinski definition) is 2. The van der Waals surface area contributed by atoms with Crippen molar-refractivity contribution in [3.05, 3.63) is 69.7 Å². The Morgan fingerprint density at radius 2 is 1.82 bits per heavy atom. The van der Waals surface area contributed by atoms with Crippen molar-refractivity contribution in [1.29, 1.82) is 0 Å². The van der Waals surface area contributed by atoms with Gasteiger partial charge < -0.3 is 11.1 Å². The fraction of sp³-hybridized carbons (Fsp3) is 0.278. The average Bonchev–Trinajstić information content (AvgIpc) is 2.49. The third-order valence-electron chi connectivity index (χ3n) is 3.59. The molecule has 2 rings (SSSR count). The Balaban J connectivity index is 1.96. The van der Waals surface area contributed by atoms with E-state index in [1.807, 2.05) is 62.4 Å². The quantitative estimate of drug-likeness (QED) is 0.856. The van der Waals surface area contributed by atoms with E-state index in [9.17, 15) is 4.79 Å². The van der Waals surface area contributed by atoms with Crippen LogP contribution in [0.2, 0.25) is 0 Å². The maximum atomic E-state index is 12.3. The fourth-order valence-electron chi connectivity index (χ4n) is 2.30. The highest BCUT2D eigenvalue weighted by molar-refractivity contribution is 9.10. The molecule has 2 aromatic carbocycles. The standard InChI is InChI=1S/C18H21BrN2O/c1-12-7-9-14(10-8-12)17(20)18(22)21-13(2)11-15-5-3-4-6-16(15)19/h3-10,13,17H,11,20H2,1-2H3,(H,21,22). The van der Waals surface area contributed by atoms with Crippen molar-refractivity contribution in [2.24, 2.45) is 5.73 Å². The molecule has 0 heterocycles. The average molecular weight is 361 g/mol. The van der Waals surface area contributed by atoms with Crippen molar-refractivity contribution in [3.63, 3.8) is 0 Å². The molecule has 116 valence electrons. The molecule has 3 nitrogen and oxygen atoms in total. The zero-order chi connectivity index (χ0) is 16.1. The Hall–Kier alpha value is -1.65. The van der Waals surface area contributed by atoms with Gasteiger partial charge in [0.15, 0.2) is 0 Å². The summed E-state index contributed by atoms with van der Waals surface area (Å²) in [4.78, 5) is 12.3. The topological polar surface area (TPSA) is 55.1 Å². The van der Waals surface area contributed by atoms with Crippen LogP contribution in [0.3, 0.4) is 0 Å². The number of carbonyl (C=O) groups is 1. The molecule has 0 aromatic heterocycles. The Labute approximate surface area is 140 Å². The van der Waals surface area contributed by atoms with Crippen molar-refractivity contribution in [2.75, 3.05) is 0 Å². The Kier molecular flexibility index (Phi) is 5.75. The number of halogens is 1. The number of nitrogens with one attached hydrogen (secondary N) is 1. The molecule has 0 fully saturated rings. The maximum absolute atomic E-state index is 12.3. The molecule has 0 radical (unpaired) electrons. The van der Waals surface area contributed by atoms with Crippen LogP contribution in [0.1, 0.15) is 29.7 Å². The summed E-state index contributed by atoms with van der Waals surface area (Å²) < 4.78 is 1.05. The number of nitrogens with two attached hydrogens (primary N) is 1. The fourth-order valence-corrected chi connectivity index (χ4v) is 2.75. The zero-order valence-electron chi connectivity index (χ0n) is 12.8. The first kappa shape index (κ1) is 16.7. The maximum Gasteiger partial charge on any atom is 0.241 e. The second-order valence-corrected chi connectivity index (χ2v) is 6.45. The van der Waals surface area contributed by atoms with Gasteiger partial charge in [0.25, 0.3) is 0 Å². The normalized spacial score (nSPS) is 13.5. The van der Waals surface area contributed by atoms with Crippen LogP contribution in [0.25, 0.3) is 0 Å². The summed E-state index contributed by atoms with van der Waals surface area (Å²) in [6.45, 7) is 3.99. The largest absolute Gasteiger partial charge is 0.352 e. The number of carbonyl (C=O) groups excluding carboxylic acids is 1. The Morgan fingerprint density at radius 3 is 2.45 bits per heavy atom. The second-order valence-electron chi connectivity index (χ2n) is 5.59. The van der Waals surface area contributed by atoms with E-state index < -0.39 is 6.04 Å². The van der Waals surface area contributed by atoms with Gasteiger partial charge in [0.1, 0.15) is 6.04 Å². The van der Waals surface area contributed by atoms with Gasteiger partial charge in [0.2, 0.25) is 5.91 Å². The van der Waals surface area contributed by atoms with Crippen LogP contribution in [0.15, 0.2) is 53.0 Å². The van der Waals surface area contributed by atoms with E-state index in [4.69, 9.17) is 5.73 Å². The predicted octanol–water partition coefficient (Wildman–Crippen LogP) is 3.50.